The minimum absolute atomic E-state index is 0.0227. The maximum Gasteiger partial charge on any atom is 0.326 e. The van der Waals surface area contributed by atoms with E-state index in [9.17, 15) is 23.9 Å². The van der Waals surface area contributed by atoms with Gasteiger partial charge in [0.1, 0.15) is 11.9 Å². The largest absolute Gasteiger partial charge is 0.480 e. The lowest BCUT2D eigenvalue weighted by Gasteiger charge is -2.25. The van der Waals surface area contributed by atoms with E-state index >= 15 is 0 Å². The van der Waals surface area contributed by atoms with Gasteiger partial charge >= 0.3 is 5.97 Å². The molecule has 0 spiro atoms. The van der Waals surface area contributed by atoms with Crippen molar-refractivity contribution in [3.8, 4) is 0 Å². The van der Waals surface area contributed by atoms with Crippen LogP contribution in [0.3, 0.4) is 0 Å². The summed E-state index contributed by atoms with van der Waals surface area (Å²) in [7, 11) is 0. The molecule has 0 aromatic heterocycles. The molecule has 2 atom stereocenters. The van der Waals surface area contributed by atoms with Gasteiger partial charge in [-0.05, 0) is 23.6 Å². The summed E-state index contributed by atoms with van der Waals surface area (Å²) in [6, 6.07) is 4.70. The zero-order valence-corrected chi connectivity index (χ0v) is 13.5. The van der Waals surface area contributed by atoms with E-state index < -0.39 is 17.8 Å². The Kier molecular flexibility index (Phi) is 5.76. The quantitative estimate of drug-likeness (QED) is 0.857. The smallest absolute Gasteiger partial charge is 0.326 e. The number of hydrogen-bond acceptors (Lipinski definition) is 4. The van der Waals surface area contributed by atoms with E-state index in [1.807, 2.05) is 0 Å². The topological polar surface area (TPSA) is 74.7 Å². The molecule has 1 heterocycles. The van der Waals surface area contributed by atoms with Gasteiger partial charge in [-0.25, -0.2) is 9.18 Å². The number of carboxylic acid groups (broad SMARTS) is 1. The van der Waals surface area contributed by atoms with E-state index in [0.717, 1.165) is 11.8 Å². The number of aliphatic carboxylic acids is 1. The third-order valence-corrected chi connectivity index (χ3v) is 4.78. The standard InChI is InChI=1S/C16H18FNO4S/c1-10(19)23-9-12-7-15(20)18(8-12)14(16(21)22)6-11-3-2-4-13(17)5-11/h2-5,12,14H,6-9H2,1H3,(H,21,22)/t12?,14-/m0/s1. The summed E-state index contributed by atoms with van der Waals surface area (Å²) < 4.78 is 13.2. The van der Waals surface area contributed by atoms with Gasteiger partial charge in [-0.1, -0.05) is 23.9 Å². The number of likely N-dealkylation sites (tertiary alicyclic amines) is 1. The Hall–Kier alpha value is -1.89. The normalized spacial score (nSPS) is 19.0. The Labute approximate surface area is 137 Å². The predicted molar refractivity (Wildman–Crippen MR) is 84.5 cm³/mol. The fourth-order valence-corrected chi connectivity index (χ4v) is 3.37. The lowest BCUT2D eigenvalue weighted by molar-refractivity contribution is -0.148. The number of rotatable bonds is 6. The molecule has 0 radical (unpaired) electrons. The van der Waals surface area contributed by atoms with E-state index in [1.54, 1.807) is 6.07 Å². The van der Waals surface area contributed by atoms with Crippen LogP contribution in [0.2, 0.25) is 0 Å². The molecule has 23 heavy (non-hydrogen) atoms. The summed E-state index contributed by atoms with van der Waals surface area (Å²) in [5, 5.41) is 9.42. The van der Waals surface area contributed by atoms with Crippen LogP contribution in [0.4, 0.5) is 4.39 Å². The average molecular weight is 339 g/mol. The second kappa shape index (κ2) is 7.59. The number of hydrogen-bond donors (Lipinski definition) is 1. The Morgan fingerprint density at radius 3 is 2.83 bits per heavy atom. The number of halogens is 1. The zero-order chi connectivity index (χ0) is 17.0. The number of thioether (sulfide) groups is 1. The minimum Gasteiger partial charge on any atom is -0.480 e. The van der Waals surface area contributed by atoms with Crippen LogP contribution in [-0.4, -0.2) is 45.3 Å². The number of carbonyl (C=O) groups is 3. The van der Waals surface area contributed by atoms with Gasteiger partial charge in [0.15, 0.2) is 5.12 Å². The summed E-state index contributed by atoms with van der Waals surface area (Å²) in [4.78, 5) is 36.0. The third-order valence-electron chi connectivity index (χ3n) is 3.74. The van der Waals surface area contributed by atoms with E-state index in [1.165, 1.54) is 30.0 Å². The number of amides is 1. The van der Waals surface area contributed by atoms with Crippen molar-refractivity contribution in [2.75, 3.05) is 12.3 Å². The van der Waals surface area contributed by atoms with Crippen molar-refractivity contribution in [3.63, 3.8) is 0 Å². The Balaban J connectivity index is 2.07. The molecule has 1 aliphatic heterocycles. The van der Waals surface area contributed by atoms with Gasteiger partial charge in [0.05, 0.1) is 0 Å². The van der Waals surface area contributed by atoms with Crippen molar-refractivity contribution >= 4 is 28.8 Å². The van der Waals surface area contributed by atoms with Crippen LogP contribution in [0.1, 0.15) is 18.9 Å². The molecule has 1 unspecified atom stereocenters. The monoisotopic (exact) mass is 339 g/mol. The lowest BCUT2D eigenvalue weighted by Crippen LogP contribution is -2.43. The minimum atomic E-state index is -1.11. The number of carbonyl (C=O) groups excluding carboxylic acids is 2. The molecule has 0 bridgehead atoms. The summed E-state index contributed by atoms with van der Waals surface area (Å²) >= 11 is 1.14. The van der Waals surface area contributed by atoms with Crippen LogP contribution in [0.25, 0.3) is 0 Å². The molecule has 0 aliphatic carbocycles. The zero-order valence-electron chi connectivity index (χ0n) is 12.7. The third kappa shape index (κ3) is 4.79. The molecule has 124 valence electrons. The highest BCUT2D eigenvalue weighted by Gasteiger charge is 2.37. The SMILES string of the molecule is CC(=O)SCC1CC(=O)N([C@@H](Cc2cccc(F)c2)C(=O)O)C1. The summed E-state index contributed by atoms with van der Waals surface area (Å²) in [5.41, 5.74) is 0.534. The molecule has 1 saturated heterocycles. The molecule has 1 aromatic rings. The first kappa shape index (κ1) is 17.5. The molecular formula is C16H18FNO4S. The van der Waals surface area contributed by atoms with Crippen LogP contribution < -0.4 is 0 Å². The van der Waals surface area contributed by atoms with Crippen LogP contribution in [0.15, 0.2) is 24.3 Å². The van der Waals surface area contributed by atoms with Crippen molar-refractivity contribution in [1.29, 1.82) is 0 Å². The van der Waals surface area contributed by atoms with E-state index in [2.05, 4.69) is 0 Å². The van der Waals surface area contributed by atoms with Gasteiger partial charge in [0.25, 0.3) is 0 Å². The number of benzene rings is 1. The molecular weight excluding hydrogens is 321 g/mol. The maximum atomic E-state index is 13.2. The van der Waals surface area contributed by atoms with Gasteiger partial charge in [-0.15, -0.1) is 0 Å². The van der Waals surface area contributed by atoms with Crippen LogP contribution in [0.5, 0.6) is 0 Å². The second-order valence-corrected chi connectivity index (χ2v) is 6.80. The molecule has 5 nitrogen and oxygen atoms in total. The van der Waals surface area contributed by atoms with E-state index in [-0.39, 0.29) is 29.8 Å². The van der Waals surface area contributed by atoms with Crippen LogP contribution in [0, 0.1) is 11.7 Å². The number of nitrogens with zero attached hydrogens (tertiary/aromatic N) is 1. The van der Waals surface area contributed by atoms with Gasteiger partial charge in [-0.2, -0.15) is 0 Å². The van der Waals surface area contributed by atoms with Gasteiger partial charge in [0.2, 0.25) is 5.91 Å². The molecule has 2 rings (SSSR count). The van der Waals surface area contributed by atoms with Gasteiger partial charge < -0.3 is 10.0 Å². The van der Waals surface area contributed by atoms with Crippen molar-refractivity contribution in [1.82, 2.24) is 4.90 Å². The summed E-state index contributed by atoms with van der Waals surface area (Å²) in [6.07, 6.45) is 0.304. The molecule has 1 N–H and O–H groups in total. The van der Waals surface area contributed by atoms with E-state index in [4.69, 9.17) is 0 Å². The molecule has 7 heteroatoms. The fraction of sp³-hybridized carbons (Fsp3) is 0.438. The Bertz CT molecular complexity index is 622. The maximum absolute atomic E-state index is 13.2. The van der Waals surface area contributed by atoms with Crippen molar-refractivity contribution in [2.24, 2.45) is 5.92 Å². The highest BCUT2D eigenvalue weighted by Crippen LogP contribution is 2.25. The van der Waals surface area contributed by atoms with Crippen molar-refractivity contribution in [2.45, 2.75) is 25.8 Å². The highest BCUT2D eigenvalue weighted by molar-refractivity contribution is 8.13. The predicted octanol–water partition coefficient (Wildman–Crippen LogP) is 1.95. The Morgan fingerprint density at radius 1 is 1.48 bits per heavy atom. The first-order chi connectivity index (χ1) is 10.9. The highest BCUT2D eigenvalue weighted by atomic mass is 32.2. The van der Waals surface area contributed by atoms with Gasteiger partial charge in [-0.3, -0.25) is 9.59 Å². The Morgan fingerprint density at radius 2 is 2.22 bits per heavy atom. The molecule has 1 aliphatic rings. The number of carboxylic acids is 1. The van der Waals surface area contributed by atoms with Crippen LogP contribution >= 0.6 is 11.8 Å². The first-order valence-electron chi connectivity index (χ1n) is 7.27. The fourth-order valence-electron chi connectivity index (χ4n) is 2.67. The van der Waals surface area contributed by atoms with Crippen molar-refractivity contribution < 1.29 is 23.9 Å². The lowest BCUT2D eigenvalue weighted by atomic mass is 10.0. The molecule has 0 saturated carbocycles. The summed E-state index contributed by atoms with van der Waals surface area (Å²) in [6.45, 7) is 1.77. The first-order valence-corrected chi connectivity index (χ1v) is 8.25. The molecule has 1 fully saturated rings. The average Bonchev–Trinajstić information content (AvgIpc) is 2.83. The molecule has 1 amide bonds. The summed E-state index contributed by atoms with van der Waals surface area (Å²) in [5.74, 6) is -1.31. The van der Waals surface area contributed by atoms with E-state index in [0.29, 0.717) is 17.9 Å². The molecule has 1 aromatic carbocycles. The van der Waals surface area contributed by atoms with Crippen LogP contribution in [-0.2, 0) is 20.8 Å². The van der Waals surface area contributed by atoms with Crippen molar-refractivity contribution in [3.05, 3.63) is 35.6 Å². The van der Waals surface area contributed by atoms with Gasteiger partial charge in [0, 0.05) is 32.1 Å². The second-order valence-electron chi connectivity index (χ2n) is 5.61.